The lowest BCUT2D eigenvalue weighted by Gasteiger charge is -2.19. The molecule has 0 radical (unpaired) electrons. The molecule has 0 aliphatic carbocycles. The van der Waals surface area contributed by atoms with E-state index in [-0.39, 0.29) is 11.8 Å². The van der Waals surface area contributed by atoms with Gasteiger partial charge in [0.2, 0.25) is 5.91 Å². The van der Waals surface area contributed by atoms with Crippen LogP contribution in [0.4, 0.5) is 11.4 Å². The van der Waals surface area contributed by atoms with Gasteiger partial charge in [0, 0.05) is 24.3 Å². The van der Waals surface area contributed by atoms with Crippen molar-refractivity contribution in [2.45, 2.75) is 26.7 Å². The maximum absolute atomic E-state index is 13.2. The summed E-state index contributed by atoms with van der Waals surface area (Å²) in [6.45, 7) is 5.09. The van der Waals surface area contributed by atoms with Gasteiger partial charge >= 0.3 is 0 Å². The second-order valence-electron chi connectivity index (χ2n) is 7.20. The number of hydrogen-bond acceptors (Lipinski definition) is 3. The minimum Gasteiger partial charge on any atom is -0.493 e. The molecule has 0 spiro atoms. The first-order valence-corrected chi connectivity index (χ1v) is 9.95. The molecule has 5 heteroatoms. The summed E-state index contributed by atoms with van der Waals surface area (Å²) in [5.41, 5.74) is 3.09. The Morgan fingerprint density at radius 1 is 1.14 bits per heavy atom. The Balaban J connectivity index is 1.65. The van der Waals surface area contributed by atoms with Crippen LogP contribution in [0.25, 0.3) is 10.8 Å². The first kappa shape index (κ1) is 19.0. The Bertz CT molecular complexity index is 1090. The Hall–Kier alpha value is -3.34. The summed E-state index contributed by atoms with van der Waals surface area (Å²) in [6.07, 6.45) is 1.48. The molecular formula is C24H24N2O3. The highest BCUT2D eigenvalue weighted by Gasteiger charge is 2.23. The molecule has 1 aliphatic heterocycles. The van der Waals surface area contributed by atoms with Gasteiger partial charge in [-0.2, -0.15) is 0 Å². The molecule has 1 fully saturated rings. The smallest absolute Gasteiger partial charge is 0.260 e. The van der Waals surface area contributed by atoms with Crippen LogP contribution in [-0.2, 0) is 4.79 Å². The third-order valence-corrected chi connectivity index (χ3v) is 5.24. The van der Waals surface area contributed by atoms with Gasteiger partial charge in [0.1, 0.15) is 5.75 Å². The van der Waals surface area contributed by atoms with Gasteiger partial charge in [-0.1, -0.05) is 30.3 Å². The molecule has 3 aromatic carbocycles. The fourth-order valence-electron chi connectivity index (χ4n) is 3.89. The Morgan fingerprint density at radius 3 is 2.69 bits per heavy atom. The van der Waals surface area contributed by atoms with Gasteiger partial charge < -0.3 is 15.0 Å². The van der Waals surface area contributed by atoms with Crippen LogP contribution in [0.3, 0.4) is 0 Å². The first-order chi connectivity index (χ1) is 14.1. The number of nitrogens with one attached hydrogen (secondary N) is 1. The predicted molar refractivity (Wildman–Crippen MR) is 116 cm³/mol. The topological polar surface area (TPSA) is 58.6 Å². The Morgan fingerprint density at radius 2 is 1.97 bits per heavy atom. The maximum atomic E-state index is 13.2. The van der Waals surface area contributed by atoms with Gasteiger partial charge in [-0.05, 0) is 60.9 Å². The molecule has 1 aliphatic rings. The molecule has 148 valence electrons. The van der Waals surface area contributed by atoms with E-state index in [0.29, 0.717) is 30.0 Å². The van der Waals surface area contributed by atoms with Crippen molar-refractivity contribution in [2.75, 3.05) is 23.4 Å². The van der Waals surface area contributed by atoms with Crippen molar-refractivity contribution in [3.63, 3.8) is 0 Å². The highest BCUT2D eigenvalue weighted by atomic mass is 16.5. The van der Waals surface area contributed by atoms with E-state index in [1.807, 2.05) is 73.3 Å². The summed E-state index contributed by atoms with van der Waals surface area (Å²) < 4.78 is 5.72. The van der Waals surface area contributed by atoms with Crippen LogP contribution >= 0.6 is 0 Å². The van der Waals surface area contributed by atoms with Crippen molar-refractivity contribution < 1.29 is 14.3 Å². The van der Waals surface area contributed by atoms with Crippen molar-refractivity contribution in [3.05, 3.63) is 65.7 Å². The minimum atomic E-state index is -0.213. The van der Waals surface area contributed by atoms with E-state index >= 15 is 0 Å². The number of nitrogens with zero attached hydrogens (tertiary/aromatic N) is 1. The van der Waals surface area contributed by atoms with E-state index in [1.54, 1.807) is 0 Å². The highest BCUT2D eigenvalue weighted by molar-refractivity contribution is 6.15. The zero-order valence-electron chi connectivity index (χ0n) is 16.7. The normalized spacial score (nSPS) is 13.7. The van der Waals surface area contributed by atoms with Gasteiger partial charge in [0.25, 0.3) is 5.91 Å². The Kier molecular flexibility index (Phi) is 5.21. The second-order valence-corrected chi connectivity index (χ2v) is 7.20. The molecule has 0 saturated carbocycles. The number of benzene rings is 3. The molecule has 1 saturated heterocycles. The van der Waals surface area contributed by atoms with E-state index < -0.39 is 0 Å². The number of ether oxygens (including phenoxy) is 1. The molecule has 0 bridgehead atoms. The van der Waals surface area contributed by atoms with Crippen LogP contribution in [0.1, 0.15) is 35.7 Å². The summed E-state index contributed by atoms with van der Waals surface area (Å²) in [6, 6.07) is 17.2. The summed E-state index contributed by atoms with van der Waals surface area (Å²) in [7, 11) is 0. The number of amides is 2. The fourth-order valence-corrected chi connectivity index (χ4v) is 3.89. The molecule has 5 nitrogen and oxygen atoms in total. The lowest BCUT2D eigenvalue weighted by Crippen LogP contribution is -2.24. The van der Waals surface area contributed by atoms with E-state index in [0.717, 1.165) is 35.0 Å². The van der Waals surface area contributed by atoms with Crippen molar-refractivity contribution in [2.24, 2.45) is 0 Å². The summed E-state index contributed by atoms with van der Waals surface area (Å²) in [4.78, 5) is 27.0. The number of aryl methyl sites for hydroxylation is 1. The monoisotopic (exact) mass is 388 g/mol. The summed E-state index contributed by atoms with van der Waals surface area (Å²) >= 11 is 0. The second kappa shape index (κ2) is 7.95. The maximum Gasteiger partial charge on any atom is 0.260 e. The molecule has 0 aromatic heterocycles. The van der Waals surface area contributed by atoms with Crippen LogP contribution in [0.5, 0.6) is 5.75 Å². The number of fused-ring (bicyclic) bond motifs is 1. The quantitative estimate of drug-likeness (QED) is 0.674. The zero-order valence-corrected chi connectivity index (χ0v) is 16.7. The average molecular weight is 388 g/mol. The number of carbonyl (C=O) groups excluding carboxylic acids is 2. The van der Waals surface area contributed by atoms with Gasteiger partial charge in [0.05, 0.1) is 12.2 Å². The number of carbonyl (C=O) groups is 2. The molecule has 3 aromatic rings. The molecule has 1 N–H and O–H groups in total. The van der Waals surface area contributed by atoms with Crippen LogP contribution in [0, 0.1) is 6.92 Å². The van der Waals surface area contributed by atoms with Gasteiger partial charge in [-0.25, -0.2) is 0 Å². The van der Waals surface area contributed by atoms with E-state index in [1.165, 1.54) is 0 Å². The SMILES string of the molecule is CCOc1ccc2ccccc2c1C(=O)Nc1ccc(N2CCCC2=O)c(C)c1. The van der Waals surface area contributed by atoms with Gasteiger partial charge in [0.15, 0.2) is 0 Å². The standard InChI is InChI=1S/C24H24N2O3/c1-3-29-21-13-10-17-7-4-5-8-19(17)23(21)24(28)25-18-11-12-20(16(2)15-18)26-14-6-9-22(26)27/h4-5,7-8,10-13,15H,3,6,9,14H2,1-2H3,(H,25,28). The largest absolute Gasteiger partial charge is 0.493 e. The molecule has 0 unspecified atom stereocenters. The van der Waals surface area contributed by atoms with E-state index in [4.69, 9.17) is 4.74 Å². The molecule has 1 heterocycles. The lowest BCUT2D eigenvalue weighted by atomic mass is 10.0. The van der Waals surface area contributed by atoms with Crippen LogP contribution < -0.4 is 15.0 Å². The minimum absolute atomic E-state index is 0.155. The van der Waals surface area contributed by atoms with Crippen LogP contribution in [0.2, 0.25) is 0 Å². The van der Waals surface area contributed by atoms with Crippen molar-refractivity contribution in [1.82, 2.24) is 0 Å². The predicted octanol–water partition coefficient (Wildman–Crippen LogP) is 4.93. The van der Waals surface area contributed by atoms with Crippen molar-refractivity contribution in [3.8, 4) is 5.75 Å². The van der Waals surface area contributed by atoms with E-state index in [9.17, 15) is 9.59 Å². The molecule has 0 atom stereocenters. The third-order valence-electron chi connectivity index (χ3n) is 5.24. The number of anilines is 2. The molecule has 4 rings (SSSR count). The fraction of sp³-hybridized carbons (Fsp3) is 0.250. The summed E-state index contributed by atoms with van der Waals surface area (Å²) in [5, 5.41) is 4.84. The first-order valence-electron chi connectivity index (χ1n) is 9.95. The van der Waals surface area contributed by atoms with Crippen molar-refractivity contribution in [1.29, 1.82) is 0 Å². The molecule has 2 amide bonds. The Labute approximate surface area is 170 Å². The van der Waals surface area contributed by atoms with Crippen molar-refractivity contribution >= 4 is 34.0 Å². The summed E-state index contributed by atoms with van der Waals surface area (Å²) in [5.74, 6) is 0.511. The van der Waals surface area contributed by atoms with E-state index in [2.05, 4.69) is 5.32 Å². The van der Waals surface area contributed by atoms with Crippen LogP contribution in [-0.4, -0.2) is 25.0 Å². The van der Waals surface area contributed by atoms with Crippen LogP contribution in [0.15, 0.2) is 54.6 Å². The number of rotatable bonds is 5. The molecular weight excluding hydrogens is 364 g/mol. The van der Waals surface area contributed by atoms with Gasteiger partial charge in [-0.15, -0.1) is 0 Å². The zero-order chi connectivity index (χ0) is 20.4. The van der Waals surface area contributed by atoms with Gasteiger partial charge in [-0.3, -0.25) is 9.59 Å². The lowest BCUT2D eigenvalue weighted by molar-refractivity contribution is -0.117. The highest BCUT2D eigenvalue weighted by Crippen LogP contribution is 2.31. The number of hydrogen-bond donors (Lipinski definition) is 1. The molecule has 29 heavy (non-hydrogen) atoms. The third kappa shape index (κ3) is 3.68. The average Bonchev–Trinajstić information content (AvgIpc) is 3.13.